The van der Waals surface area contributed by atoms with E-state index in [0.29, 0.717) is 13.1 Å². The molecule has 18 heavy (non-hydrogen) atoms. The molecule has 1 aromatic carbocycles. The van der Waals surface area contributed by atoms with Gasteiger partial charge in [0, 0.05) is 18.8 Å². The van der Waals surface area contributed by atoms with Crippen molar-refractivity contribution < 1.29 is 13.5 Å². The van der Waals surface area contributed by atoms with Crippen LogP contribution >= 0.6 is 0 Å². The van der Waals surface area contributed by atoms with Crippen LogP contribution in [-0.2, 0) is 10.0 Å². The third-order valence-corrected chi connectivity index (χ3v) is 4.46. The fraction of sp³-hybridized carbons (Fsp3) is 0.500. The summed E-state index contributed by atoms with van der Waals surface area (Å²) in [5.41, 5.74) is 0.256. The molecule has 0 bridgehead atoms. The van der Waals surface area contributed by atoms with Gasteiger partial charge in [0.1, 0.15) is 5.60 Å². The fourth-order valence-corrected chi connectivity index (χ4v) is 2.52. The molecule has 0 aliphatic carbocycles. The van der Waals surface area contributed by atoms with Crippen molar-refractivity contribution in [1.82, 2.24) is 0 Å². The molecule has 6 heteroatoms. The van der Waals surface area contributed by atoms with Gasteiger partial charge in [-0.1, -0.05) is 13.8 Å². The number of benzene rings is 1. The first-order valence-corrected chi connectivity index (χ1v) is 7.37. The predicted molar refractivity (Wildman–Crippen MR) is 69.8 cm³/mol. The lowest BCUT2D eigenvalue weighted by molar-refractivity contribution is -0.0300. The summed E-state index contributed by atoms with van der Waals surface area (Å²) in [7, 11) is -3.64. The molecule has 3 N–H and O–H groups in total. The largest absolute Gasteiger partial charge is 0.386 e. The molecule has 1 aliphatic rings. The van der Waals surface area contributed by atoms with E-state index >= 15 is 0 Å². The standard InChI is InChI=1S/C12H18N2O3S/c1-9(2)12(15)7-14(8-12)10-3-5-11(6-4-10)18(13,16)17/h3-6,9,15H,7-8H2,1-2H3,(H2,13,16,17). The molecule has 5 nitrogen and oxygen atoms in total. The minimum atomic E-state index is -3.64. The monoisotopic (exact) mass is 270 g/mol. The van der Waals surface area contributed by atoms with Crippen molar-refractivity contribution in [3.8, 4) is 0 Å². The summed E-state index contributed by atoms with van der Waals surface area (Å²) in [6, 6.07) is 6.38. The van der Waals surface area contributed by atoms with Crippen LogP contribution in [0.5, 0.6) is 0 Å². The fourth-order valence-electron chi connectivity index (χ4n) is 2.01. The number of nitrogens with zero attached hydrogens (tertiary/aromatic N) is 1. The number of hydrogen-bond donors (Lipinski definition) is 2. The van der Waals surface area contributed by atoms with Gasteiger partial charge in [-0.15, -0.1) is 0 Å². The molecule has 1 aliphatic heterocycles. The van der Waals surface area contributed by atoms with Crippen molar-refractivity contribution in [3.63, 3.8) is 0 Å². The Morgan fingerprint density at radius 1 is 1.28 bits per heavy atom. The second-order valence-corrected chi connectivity index (χ2v) is 6.71. The summed E-state index contributed by atoms with van der Waals surface area (Å²) in [5, 5.41) is 15.2. The first-order chi connectivity index (χ1) is 8.22. The molecule has 1 aromatic rings. The number of nitrogens with two attached hydrogens (primary N) is 1. The van der Waals surface area contributed by atoms with Crippen LogP contribution in [0, 0.1) is 5.92 Å². The summed E-state index contributed by atoms with van der Waals surface area (Å²) in [4.78, 5) is 2.11. The first-order valence-electron chi connectivity index (χ1n) is 5.82. The second-order valence-electron chi connectivity index (χ2n) is 5.15. The summed E-state index contributed by atoms with van der Waals surface area (Å²) >= 11 is 0. The quantitative estimate of drug-likeness (QED) is 0.839. The van der Waals surface area contributed by atoms with Gasteiger partial charge in [-0.3, -0.25) is 0 Å². The molecular weight excluding hydrogens is 252 g/mol. The van der Waals surface area contributed by atoms with Gasteiger partial charge in [-0.2, -0.15) is 0 Å². The van der Waals surface area contributed by atoms with Crippen molar-refractivity contribution in [2.75, 3.05) is 18.0 Å². The van der Waals surface area contributed by atoms with E-state index in [2.05, 4.69) is 0 Å². The van der Waals surface area contributed by atoms with Gasteiger partial charge in [0.05, 0.1) is 4.90 Å². The second kappa shape index (κ2) is 4.22. The third-order valence-electron chi connectivity index (χ3n) is 3.53. The van der Waals surface area contributed by atoms with Gasteiger partial charge < -0.3 is 10.0 Å². The van der Waals surface area contributed by atoms with Crippen molar-refractivity contribution in [3.05, 3.63) is 24.3 Å². The van der Waals surface area contributed by atoms with Crippen LogP contribution in [0.15, 0.2) is 29.2 Å². The van der Waals surface area contributed by atoms with E-state index in [0.717, 1.165) is 5.69 Å². The van der Waals surface area contributed by atoms with Crippen LogP contribution in [0.4, 0.5) is 5.69 Å². The summed E-state index contributed by atoms with van der Waals surface area (Å²) in [6.45, 7) is 5.11. The van der Waals surface area contributed by atoms with E-state index in [1.807, 2.05) is 18.7 Å². The van der Waals surface area contributed by atoms with Crippen molar-refractivity contribution in [2.45, 2.75) is 24.3 Å². The molecule has 1 saturated heterocycles. The molecule has 2 rings (SSSR count). The first kappa shape index (κ1) is 13.3. The van der Waals surface area contributed by atoms with E-state index in [4.69, 9.17) is 5.14 Å². The van der Waals surface area contributed by atoms with Gasteiger partial charge in [-0.25, -0.2) is 13.6 Å². The van der Waals surface area contributed by atoms with Crippen LogP contribution in [0.25, 0.3) is 0 Å². The highest BCUT2D eigenvalue weighted by Gasteiger charge is 2.43. The van der Waals surface area contributed by atoms with Gasteiger partial charge in [0.2, 0.25) is 10.0 Å². The Morgan fingerprint density at radius 2 is 1.78 bits per heavy atom. The van der Waals surface area contributed by atoms with Crippen molar-refractivity contribution >= 4 is 15.7 Å². The Balaban J connectivity index is 2.10. The van der Waals surface area contributed by atoms with Crippen LogP contribution in [0.3, 0.4) is 0 Å². The van der Waals surface area contributed by atoms with Crippen molar-refractivity contribution in [1.29, 1.82) is 0 Å². The van der Waals surface area contributed by atoms with Crippen LogP contribution in [0.2, 0.25) is 0 Å². The highest BCUT2D eigenvalue weighted by atomic mass is 32.2. The van der Waals surface area contributed by atoms with Crippen molar-refractivity contribution in [2.24, 2.45) is 11.1 Å². The molecule has 100 valence electrons. The van der Waals surface area contributed by atoms with Gasteiger partial charge in [-0.05, 0) is 30.2 Å². The summed E-state index contributed by atoms with van der Waals surface area (Å²) in [6.07, 6.45) is 0. The SMILES string of the molecule is CC(C)C1(O)CN(c2ccc(S(N)(=O)=O)cc2)C1. The lowest BCUT2D eigenvalue weighted by atomic mass is 9.83. The Hall–Kier alpha value is -1.11. The summed E-state index contributed by atoms with van der Waals surface area (Å²) < 4.78 is 22.2. The zero-order chi connectivity index (χ0) is 13.6. The number of β-amino-alcohol motifs (C(OH)–C–C–N with tert-alkyl or cyclic N) is 1. The van der Waals surface area contributed by atoms with Gasteiger partial charge >= 0.3 is 0 Å². The Kier molecular flexibility index (Phi) is 3.12. The van der Waals surface area contributed by atoms with E-state index < -0.39 is 15.6 Å². The molecule has 1 fully saturated rings. The molecule has 0 radical (unpaired) electrons. The average Bonchev–Trinajstić information content (AvgIpc) is 2.23. The zero-order valence-corrected chi connectivity index (χ0v) is 11.3. The number of rotatable bonds is 3. The Bertz CT molecular complexity index is 531. The Morgan fingerprint density at radius 3 is 2.17 bits per heavy atom. The normalized spacial score (nSPS) is 18.8. The number of anilines is 1. The predicted octanol–water partition coefficient (Wildman–Crippen LogP) is 0.541. The number of sulfonamides is 1. The third kappa shape index (κ3) is 2.36. The molecular formula is C12H18N2O3S. The highest BCUT2D eigenvalue weighted by molar-refractivity contribution is 7.89. The molecule has 0 amide bonds. The highest BCUT2D eigenvalue weighted by Crippen LogP contribution is 2.32. The lowest BCUT2D eigenvalue weighted by Gasteiger charge is -2.50. The molecule has 0 atom stereocenters. The van der Waals surface area contributed by atoms with Crippen LogP contribution < -0.4 is 10.0 Å². The molecule has 0 saturated carbocycles. The minimum Gasteiger partial charge on any atom is -0.386 e. The zero-order valence-electron chi connectivity index (χ0n) is 10.5. The Labute approximate surface area is 107 Å². The van der Waals surface area contributed by atoms with E-state index in [1.54, 1.807) is 12.1 Å². The topological polar surface area (TPSA) is 83.6 Å². The van der Waals surface area contributed by atoms with E-state index in [-0.39, 0.29) is 10.8 Å². The van der Waals surface area contributed by atoms with E-state index in [1.165, 1.54) is 12.1 Å². The van der Waals surface area contributed by atoms with Crippen LogP contribution in [-0.4, -0.2) is 32.2 Å². The van der Waals surface area contributed by atoms with E-state index in [9.17, 15) is 13.5 Å². The maximum absolute atomic E-state index is 11.1. The minimum absolute atomic E-state index is 0.103. The smallest absolute Gasteiger partial charge is 0.238 e. The number of hydrogen-bond acceptors (Lipinski definition) is 4. The average molecular weight is 270 g/mol. The molecule has 0 unspecified atom stereocenters. The molecule has 1 heterocycles. The number of primary sulfonamides is 1. The maximum Gasteiger partial charge on any atom is 0.238 e. The van der Waals surface area contributed by atoms with Gasteiger partial charge in [0.25, 0.3) is 0 Å². The van der Waals surface area contributed by atoms with Crippen LogP contribution in [0.1, 0.15) is 13.8 Å². The number of aliphatic hydroxyl groups is 1. The summed E-state index contributed by atoms with van der Waals surface area (Å²) in [5.74, 6) is 0.206. The molecule has 0 spiro atoms. The maximum atomic E-state index is 11.1. The molecule has 0 aromatic heterocycles. The lowest BCUT2D eigenvalue weighted by Crippen LogP contribution is -2.64. The van der Waals surface area contributed by atoms with Gasteiger partial charge in [0.15, 0.2) is 0 Å².